The van der Waals surface area contributed by atoms with Crippen LogP contribution in [-0.4, -0.2) is 15.8 Å². The summed E-state index contributed by atoms with van der Waals surface area (Å²) >= 11 is 1.27. The van der Waals surface area contributed by atoms with E-state index in [0.29, 0.717) is 5.13 Å². The first-order valence-corrected chi connectivity index (χ1v) is 8.00. The smallest absolute Gasteiger partial charge is 0.282 e. The minimum atomic E-state index is -0.575. The summed E-state index contributed by atoms with van der Waals surface area (Å²) in [6.07, 6.45) is 0. The molecule has 2 aromatic carbocycles. The highest BCUT2D eigenvalue weighted by Crippen LogP contribution is 2.26. The van der Waals surface area contributed by atoms with E-state index >= 15 is 0 Å². The Morgan fingerprint density at radius 3 is 2.58 bits per heavy atom. The summed E-state index contributed by atoms with van der Waals surface area (Å²) in [7, 11) is 0. The molecule has 120 valence electrons. The summed E-state index contributed by atoms with van der Waals surface area (Å²) in [5.41, 5.74) is 2.62. The van der Waals surface area contributed by atoms with Crippen molar-refractivity contribution in [2.75, 3.05) is 5.32 Å². The van der Waals surface area contributed by atoms with Crippen LogP contribution in [0.4, 0.5) is 10.8 Å². The molecule has 0 bridgehead atoms. The Labute approximate surface area is 141 Å². The topological polar surface area (TPSA) is 85.1 Å². The van der Waals surface area contributed by atoms with Crippen molar-refractivity contribution in [3.63, 3.8) is 0 Å². The van der Waals surface area contributed by atoms with Crippen LogP contribution in [0.3, 0.4) is 0 Å². The number of aromatic nitrogens is 1. The second kappa shape index (κ2) is 6.59. The van der Waals surface area contributed by atoms with E-state index < -0.39 is 10.8 Å². The van der Waals surface area contributed by atoms with Gasteiger partial charge in [-0.25, -0.2) is 4.98 Å². The maximum absolute atomic E-state index is 12.3. The fraction of sp³-hybridized carbons (Fsp3) is 0.0588. The summed E-state index contributed by atoms with van der Waals surface area (Å²) in [5, 5.41) is 15.9. The number of benzene rings is 2. The number of hydrogen-bond acceptors (Lipinski definition) is 5. The number of amides is 1. The molecule has 0 saturated heterocycles. The van der Waals surface area contributed by atoms with Crippen molar-refractivity contribution in [2.45, 2.75) is 6.92 Å². The monoisotopic (exact) mass is 339 g/mol. The third kappa shape index (κ3) is 3.31. The van der Waals surface area contributed by atoms with Crippen molar-refractivity contribution >= 4 is 28.1 Å². The Morgan fingerprint density at radius 1 is 1.17 bits per heavy atom. The molecule has 3 rings (SSSR count). The van der Waals surface area contributed by atoms with Crippen LogP contribution in [0.25, 0.3) is 11.3 Å². The van der Waals surface area contributed by atoms with Crippen LogP contribution in [0.5, 0.6) is 0 Å². The minimum Gasteiger partial charge on any atom is -0.298 e. The third-order valence-electron chi connectivity index (χ3n) is 3.42. The van der Waals surface area contributed by atoms with E-state index in [2.05, 4.69) is 10.3 Å². The molecule has 0 spiro atoms. The van der Waals surface area contributed by atoms with Gasteiger partial charge in [0, 0.05) is 17.0 Å². The zero-order valence-electron chi connectivity index (χ0n) is 12.7. The van der Waals surface area contributed by atoms with Crippen LogP contribution in [0.15, 0.2) is 53.9 Å². The molecule has 1 amide bonds. The lowest BCUT2D eigenvalue weighted by atomic mass is 10.1. The largest absolute Gasteiger partial charge is 0.298 e. The lowest BCUT2D eigenvalue weighted by Gasteiger charge is -2.02. The standard InChI is InChI=1S/C17H13N3O3S/c1-11-6-8-12(9-7-11)14-10-24-17(18-14)19-16(21)13-4-2-3-5-15(13)20(22)23/h2-10H,1H3,(H,18,19,21). The second-order valence-electron chi connectivity index (χ2n) is 5.13. The summed E-state index contributed by atoms with van der Waals surface area (Å²) in [4.78, 5) is 27.1. The number of nitro groups is 1. The highest BCUT2D eigenvalue weighted by molar-refractivity contribution is 7.14. The molecule has 0 unspecified atom stereocenters. The van der Waals surface area contributed by atoms with Crippen LogP contribution in [0, 0.1) is 17.0 Å². The van der Waals surface area contributed by atoms with E-state index in [0.717, 1.165) is 16.8 Å². The number of nitrogens with one attached hydrogen (secondary N) is 1. The average molecular weight is 339 g/mol. The van der Waals surface area contributed by atoms with Gasteiger partial charge in [-0.1, -0.05) is 42.0 Å². The first-order valence-electron chi connectivity index (χ1n) is 7.12. The van der Waals surface area contributed by atoms with Crippen LogP contribution in [0.2, 0.25) is 0 Å². The predicted octanol–water partition coefficient (Wildman–Crippen LogP) is 4.28. The van der Waals surface area contributed by atoms with Crippen molar-refractivity contribution in [3.8, 4) is 11.3 Å². The van der Waals surface area contributed by atoms with E-state index in [-0.39, 0.29) is 11.3 Å². The summed E-state index contributed by atoms with van der Waals surface area (Å²) < 4.78 is 0. The molecular weight excluding hydrogens is 326 g/mol. The van der Waals surface area contributed by atoms with Crippen molar-refractivity contribution in [3.05, 3.63) is 75.2 Å². The normalized spacial score (nSPS) is 10.4. The lowest BCUT2D eigenvalue weighted by Crippen LogP contribution is -2.13. The summed E-state index contributed by atoms with van der Waals surface area (Å²) in [5.74, 6) is -0.549. The Morgan fingerprint density at radius 2 is 1.88 bits per heavy atom. The number of nitrogens with zero attached hydrogens (tertiary/aromatic N) is 2. The van der Waals surface area contributed by atoms with E-state index in [9.17, 15) is 14.9 Å². The molecule has 0 aliphatic rings. The maximum Gasteiger partial charge on any atom is 0.282 e. The van der Waals surface area contributed by atoms with E-state index in [4.69, 9.17) is 0 Å². The van der Waals surface area contributed by atoms with Gasteiger partial charge in [-0.2, -0.15) is 0 Å². The molecule has 24 heavy (non-hydrogen) atoms. The molecule has 1 heterocycles. The van der Waals surface area contributed by atoms with Gasteiger partial charge < -0.3 is 0 Å². The molecule has 0 saturated carbocycles. The van der Waals surface area contributed by atoms with Gasteiger partial charge in [-0.3, -0.25) is 20.2 Å². The zero-order valence-corrected chi connectivity index (χ0v) is 13.5. The summed E-state index contributed by atoms with van der Waals surface area (Å²) in [6.45, 7) is 2.00. The van der Waals surface area contributed by atoms with Gasteiger partial charge in [0.2, 0.25) is 0 Å². The maximum atomic E-state index is 12.3. The molecule has 0 fully saturated rings. The molecule has 0 atom stereocenters. The van der Waals surface area contributed by atoms with E-state index in [1.54, 1.807) is 6.07 Å². The Kier molecular flexibility index (Phi) is 4.35. The number of hydrogen-bond donors (Lipinski definition) is 1. The Balaban J connectivity index is 1.81. The van der Waals surface area contributed by atoms with Gasteiger partial charge in [0.25, 0.3) is 11.6 Å². The molecular formula is C17H13N3O3S. The van der Waals surface area contributed by atoms with Gasteiger partial charge in [0.1, 0.15) is 5.56 Å². The summed E-state index contributed by atoms with van der Waals surface area (Å²) in [6, 6.07) is 13.7. The Bertz CT molecular complexity index is 903. The number of nitro benzene ring substituents is 1. The van der Waals surface area contributed by atoms with Gasteiger partial charge in [-0.05, 0) is 13.0 Å². The van der Waals surface area contributed by atoms with Crippen LogP contribution in [0.1, 0.15) is 15.9 Å². The molecule has 1 aromatic heterocycles. The number of carbonyl (C=O) groups excluding carboxylic acids is 1. The van der Waals surface area contributed by atoms with E-state index in [1.807, 2.05) is 36.6 Å². The van der Waals surface area contributed by atoms with Crippen molar-refractivity contribution < 1.29 is 9.72 Å². The average Bonchev–Trinajstić information content (AvgIpc) is 3.04. The molecule has 0 radical (unpaired) electrons. The number of rotatable bonds is 4. The molecule has 7 heteroatoms. The van der Waals surface area contributed by atoms with Crippen molar-refractivity contribution in [1.29, 1.82) is 0 Å². The first-order chi connectivity index (χ1) is 11.5. The SMILES string of the molecule is Cc1ccc(-c2csc(NC(=O)c3ccccc3[N+](=O)[O-])n2)cc1. The molecule has 3 aromatic rings. The molecule has 0 aliphatic carbocycles. The number of carbonyl (C=O) groups is 1. The van der Waals surface area contributed by atoms with Gasteiger partial charge in [0.05, 0.1) is 10.6 Å². The predicted molar refractivity (Wildman–Crippen MR) is 93.3 cm³/mol. The first kappa shape index (κ1) is 15.8. The fourth-order valence-corrected chi connectivity index (χ4v) is 2.89. The number of aryl methyl sites for hydroxylation is 1. The van der Waals surface area contributed by atoms with Gasteiger partial charge in [-0.15, -0.1) is 11.3 Å². The van der Waals surface area contributed by atoms with Crippen molar-refractivity contribution in [1.82, 2.24) is 4.98 Å². The van der Waals surface area contributed by atoms with E-state index in [1.165, 1.54) is 29.5 Å². The fourth-order valence-electron chi connectivity index (χ4n) is 2.18. The zero-order chi connectivity index (χ0) is 17.1. The second-order valence-corrected chi connectivity index (χ2v) is 5.99. The van der Waals surface area contributed by atoms with Crippen LogP contribution in [-0.2, 0) is 0 Å². The van der Waals surface area contributed by atoms with Gasteiger partial charge in [0.15, 0.2) is 5.13 Å². The van der Waals surface area contributed by atoms with Crippen molar-refractivity contribution in [2.24, 2.45) is 0 Å². The highest BCUT2D eigenvalue weighted by atomic mass is 32.1. The number of thiazole rings is 1. The lowest BCUT2D eigenvalue weighted by molar-refractivity contribution is -0.385. The minimum absolute atomic E-state index is 0.00888. The molecule has 6 nitrogen and oxygen atoms in total. The number of anilines is 1. The Hall–Kier alpha value is -3.06. The van der Waals surface area contributed by atoms with Gasteiger partial charge >= 0.3 is 0 Å². The third-order valence-corrected chi connectivity index (χ3v) is 4.18. The number of para-hydroxylation sites is 1. The molecule has 0 aliphatic heterocycles. The van der Waals surface area contributed by atoms with Crippen LogP contribution >= 0.6 is 11.3 Å². The quantitative estimate of drug-likeness (QED) is 0.568. The highest BCUT2D eigenvalue weighted by Gasteiger charge is 2.20. The molecule has 1 N–H and O–H groups in total. The van der Waals surface area contributed by atoms with Crippen LogP contribution < -0.4 is 5.32 Å².